The standard InChI is InChI=1S/C13H24N2O2/c1-4-8-15-9-7-11(2)14(3)10-12(15)5-6-13(16)17/h4,11-12H,1,5-10H2,2-3H3,(H,16,17). The number of hydrogen-bond acceptors (Lipinski definition) is 3. The molecule has 1 rings (SSSR count). The molecule has 0 spiro atoms. The SMILES string of the molecule is C=CCN1CCC(C)N(C)CC1CCC(=O)O. The van der Waals surface area contributed by atoms with Gasteiger partial charge in [-0.2, -0.15) is 0 Å². The molecule has 0 amide bonds. The normalized spacial score (nSPS) is 27.6. The lowest BCUT2D eigenvalue weighted by molar-refractivity contribution is -0.137. The molecule has 1 N–H and O–H groups in total. The van der Waals surface area contributed by atoms with E-state index in [-0.39, 0.29) is 6.42 Å². The maximum Gasteiger partial charge on any atom is 0.303 e. The van der Waals surface area contributed by atoms with Crippen LogP contribution in [0.2, 0.25) is 0 Å². The Hall–Kier alpha value is -0.870. The summed E-state index contributed by atoms with van der Waals surface area (Å²) in [4.78, 5) is 15.4. The molecule has 1 aliphatic heterocycles. The van der Waals surface area contributed by atoms with E-state index in [1.165, 1.54) is 0 Å². The molecule has 1 saturated heterocycles. The Morgan fingerprint density at radius 1 is 1.59 bits per heavy atom. The van der Waals surface area contributed by atoms with Gasteiger partial charge < -0.3 is 10.0 Å². The van der Waals surface area contributed by atoms with E-state index in [2.05, 4.69) is 30.4 Å². The van der Waals surface area contributed by atoms with Gasteiger partial charge in [0.05, 0.1) is 0 Å². The van der Waals surface area contributed by atoms with Gasteiger partial charge in [0, 0.05) is 38.1 Å². The summed E-state index contributed by atoms with van der Waals surface area (Å²) in [6.45, 7) is 8.84. The summed E-state index contributed by atoms with van der Waals surface area (Å²) in [7, 11) is 2.12. The number of carbonyl (C=O) groups is 1. The van der Waals surface area contributed by atoms with Crippen molar-refractivity contribution in [2.45, 2.75) is 38.3 Å². The molecule has 0 aromatic carbocycles. The quantitative estimate of drug-likeness (QED) is 0.738. The summed E-state index contributed by atoms with van der Waals surface area (Å²) in [5.41, 5.74) is 0. The lowest BCUT2D eigenvalue weighted by atomic mass is 10.1. The van der Waals surface area contributed by atoms with E-state index < -0.39 is 5.97 Å². The minimum Gasteiger partial charge on any atom is -0.481 e. The molecule has 0 radical (unpaired) electrons. The van der Waals surface area contributed by atoms with Gasteiger partial charge in [-0.05, 0) is 26.8 Å². The molecule has 0 aromatic rings. The Kier molecular flexibility index (Phi) is 5.65. The van der Waals surface area contributed by atoms with Crippen molar-refractivity contribution >= 4 is 5.97 Å². The van der Waals surface area contributed by atoms with Crippen molar-refractivity contribution in [1.82, 2.24) is 9.80 Å². The van der Waals surface area contributed by atoms with Crippen molar-refractivity contribution in [3.8, 4) is 0 Å². The zero-order valence-electron chi connectivity index (χ0n) is 10.9. The van der Waals surface area contributed by atoms with E-state index in [1.807, 2.05) is 6.08 Å². The fourth-order valence-electron chi connectivity index (χ4n) is 2.35. The molecular weight excluding hydrogens is 216 g/mol. The Morgan fingerprint density at radius 2 is 2.29 bits per heavy atom. The molecule has 1 fully saturated rings. The molecule has 0 aliphatic carbocycles. The maximum absolute atomic E-state index is 10.7. The summed E-state index contributed by atoms with van der Waals surface area (Å²) in [5, 5.41) is 8.80. The van der Waals surface area contributed by atoms with Crippen LogP contribution in [0.1, 0.15) is 26.2 Å². The van der Waals surface area contributed by atoms with Gasteiger partial charge in [-0.1, -0.05) is 6.08 Å². The highest BCUT2D eigenvalue weighted by Gasteiger charge is 2.26. The fraction of sp³-hybridized carbons (Fsp3) is 0.769. The van der Waals surface area contributed by atoms with Crippen LogP contribution in [0.15, 0.2) is 12.7 Å². The number of aliphatic carboxylic acids is 1. The van der Waals surface area contributed by atoms with E-state index in [1.54, 1.807) is 0 Å². The highest BCUT2D eigenvalue weighted by molar-refractivity contribution is 5.66. The third kappa shape index (κ3) is 4.48. The average Bonchev–Trinajstić information content (AvgIpc) is 2.40. The van der Waals surface area contributed by atoms with Crippen LogP contribution >= 0.6 is 0 Å². The van der Waals surface area contributed by atoms with Gasteiger partial charge in [0.15, 0.2) is 0 Å². The Labute approximate surface area is 104 Å². The first-order valence-electron chi connectivity index (χ1n) is 6.31. The second-order valence-electron chi connectivity index (χ2n) is 4.95. The van der Waals surface area contributed by atoms with Crippen molar-refractivity contribution in [3.05, 3.63) is 12.7 Å². The molecule has 2 atom stereocenters. The summed E-state index contributed by atoms with van der Waals surface area (Å²) >= 11 is 0. The first-order valence-corrected chi connectivity index (χ1v) is 6.31. The molecule has 0 saturated carbocycles. The summed E-state index contributed by atoms with van der Waals surface area (Å²) in [6, 6.07) is 0.899. The Morgan fingerprint density at radius 3 is 2.88 bits per heavy atom. The van der Waals surface area contributed by atoms with Crippen LogP contribution in [0.25, 0.3) is 0 Å². The van der Waals surface area contributed by atoms with Gasteiger partial charge in [-0.25, -0.2) is 0 Å². The molecule has 2 unspecified atom stereocenters. The third-order valence-corrected chi connectivity index (χ3v) is 3.66. The fourth-order valence-corrected chi connectivity index (χ4v) is 2.35. The van der Waals surface area contributed by atoms with Gasteiger partial charge in [0.1, 0.15) is 0 Å². The second kappa shape index (κ2) is 6.77. The van der Waals surface area contributed by atoms with Crippen molar-refractivity contribution in [3.63, 3.8) is 0 Å². The zero-order chi connectivity index (χ0) is 12.8. The smallest absolute Gasteiger partial charge is 0.303 e. The number of carboxylic acid groups (broad SMARTS) is 1. The molecule has 1 aliphatic rings. The van der Waals surface area contributed by atoms with E-state index in [0.29, 0.717) is 12.1 Å². The first kappa shape index (κ1) is 14.2. The Balaban J connectivity index is 2.63. The molecule has 98 valence electrons. The van der Waals surface area contributed by atoms with E-state index in [0.717, 1.165) is 32.5 Å². The molecule has 1 heterocycles. The maximum atomic E-state index is 10.7. The summed E-state index contributed by atoms with van der Waals surface area (Å²) in [5.74, 6) is -0.705. The van der Waals surface area contributed by atoms with Gasteiger partial charge in [-0.3, -0.25) is 9.69 Å². The van der Waals surface area contributed by atoms with Crippen LogP contribution < -0.4 is 0 Å². The van der Waals surface area contributed by atoms with Gasteiger partial charge >= 0.3 is 5.97 Å². The first-order chi connectivity index (χ1) is 8.04. The molecule has 17 heavy (non-hydrogen) atoms. The molecule has 4 heteroatoms. The lowest BCUT2D eigenvalue weighted by Gasteiger charge is -2.30. The van der Waals surface area contributed by atoms with Crippen molar-refractivity contribution in [1.29, 1.82) is 0 Å². The van der Waals surface area contributed by atoms with Crippen molar-refractivity contribution in [2.75, 3.05) is 26.7 Å². The van der Waals surface area contributed by atoms with E-state index >= 15 is 0 Å². The Bertz CT molecular complexity index is 268. The van der Waals surface area contributed by atoms with Crippen LogP contribution in [0, 0.1) is 0 Å². The van der Waals surface area contributed by atoms with Crippen molar-refractivity contribution < 1.29 is 9.90 Å². The highest BCUT2D eigenvalue weighted by Crippen LogP contribution is 2.17. The van der Waals surface area contributed by atoms with Crippen LogP contribution in [-0.4, -0.2) is 59.6 Å². The monoisotopic (exact) mass is 240 g/mol. The van der Waals surface area contributed by atoms with E-state index in [9.17, 15) is 4.79 Å². The second-order valence-corrected chi connectivity index (χ2v) is 4.95. The number of nitrogens with zero attached hydrogens (tertiary/aromatic N) is 2. The number of hydrogen-bond donors (Lipinski definition) is 1. The minimum atomic E-state index is -0.705. The summed E-state index contributed by atoms with van der Waals surface area (Å²) < 4.78 is 0. The number of rotatable bonds is 5. The average molecular weight is 240 g/mol. The predicted octanol–water partition coefficient (Wildman–Crippen LogP) is 1.43. The van der Waals surface area contributed by atoms with E-state index in [4.69, 9.17) is 5.11 Å². The molecule has 0 aromatic heterocycles. The van der Waals surface area contributed by atoms with Gasteiger partial charge in [-0.15, -0.1) is 6.58 Å². The molecule has 0 bridgehead atoms. The van der Waals surface area contributed by atoms with Crippen LogP contribution in [0.5, 0.6) is 0 Å². The highest BCUT2D eigenvalue weighted by atomic mass is 16.4. The van der Waals surface area contributed by atoms with Gasteiger partial charge in [0.2, 0.25) is 0 Å². The van der Waals surface area contributed by atoms with Crippen LogP contribution in [-0.2, 0) is 4.79 Å². The number of carboxylic acids is 1. The molecule has 4 nitrogen and oxygen atoms in total. The molecular formula is C13H24N2O2. The topological polar surface area (TPSA) is 43.8 Å². The lowest BCUT2D eigenvalue weighted by Crippen LogP contribution is -2.41. The third-order valence-electron chi connectivity index (χ3n) is 3.66. The van der Waals surface area contributed by atoms with Gasteiger partial charge in [0.25, 0.3) is 0 Å². The summed E-state index contributed by atoms with van der Waals surface area (Å²) in [6.07, 6.45) is 4.01. The van der Waals surface area contributed by atoms with Crippen molar-refractivity contribution in [2.24, 2.45) is 0 Å². The number of likely N-dealkylation sites (N-methyl/N-ethyl adjacent to an activating group) is 1. The zero-order valence-corrected chi connectivity index (χ0v) is 10.9. The minimum absolute atomic E-state index is 0.251. The predicted molar refractivity (Wildman–Crippen MR) is 69.1 cm³/mol. The largest absolute Gasteiger partial charge is 0.481 e. The van der Waals surface area contributed by atoms with Crippen LogP contribution in [0.4, 0.5) is 0 Å². The van der Waals surface area contributed by atoms with Crippen LogP contribution in [0.3, 0.4) is 0 Å².